The van der Waals surface area contributed by atoms with Crippen LogP contribution >= 0.6 is 0 Å². The van der Waals surface area contributed by atoms with Crippen LogP contribution in [0.4, 0.5) is 17.6 Å². The van der Waals surface area contributed by atoms with Gasteiger partial charge in [-0.05, 0) is 24.1 Å². The third-order valence-corrected chi connectivity index (χ3v) is 2.82. The highest BCUT2D eigenvalue weighted by atomic mass is 19.4. The number of hydrogen-bond acceptors (Lipinski definition) is 2. The van der Waals surface area contributed by atoms with Crippen LogP contribution in [0.5, 0.6) is 0 Å². The molecule has 2 nitrogen and oxygen atoms in total. The van der Waals surface area contributed by atoms with Gasteiger partial charge in [0.05, 0.1) is 12.2 Å². The van der Waals surface area contributed by atoms with E-state index in [4.69, 9.17) is 4.74 Å². The smallest absolute Gasteiger partial charge is 0.383 e. The first-order valence-corrected chi connectivity index (χ1v) is 5.96. The number of ether oxygens (including phenoxy) is 1. The summed E-state index contributed by atoms with van der Waals surface area (Å²) in [4.78, 5) is 0. The molecule has 0 aliphatic heterocycles. The molecular formula is C13H17F4NO. The molecule has 0 aromatic heterocycles. The van der Waals surface area contributed by atoms with Crippen molar-refractivity contribution in [2.45, 2.75) is 32.1 Å². The Hall–Kier alpha value is -1.14. The molecule has 0 fully saturated rings. The number of halogens is 4. The Kier molecular flexibility index (Phi) is 5.75. The van der Waals surface area contributed by atoms with Gasteiger partial charge in [0.1, 0.15) is 5.82 Å². The molecule has 1 rings (SSSR count). The normalized spacial score (nSPS) is 13.6. The average molecular weight is 279 g/mol. The summed E-state index contributed by atoms with van der Waals surface area (Å²) in [5, 5.41) is 2.97. The molecule has 0 bridgehead atoms. The second kappa shape index (κ2) is 6.86. The summed E-state index contributed by atoms with van der Waals surface area (Å²) >= 11 is 0. The average Bonchev–Trinajstić information content (AvgIpc) is 2.34. The predicted octanol–water partition coefficient (Wildman–Crippen LogP) is 3.36. The minimum Gasteiger partial charge on any atom is -0.383 e. The van der Waals surface area contributed by atoms with Crippen molar-refractivity contribution in [3.8, 4) is 0 Å². The number of hydrogen-bond donors (Lipinski definition) is 1. The van der Waals surface area contributed by atoms with E-state index < -0.39 is 17.6 Å². The predicted molar refractivity (Wildman–Crippen MR) is 64.2 cm³/mol. The van der Waals surface area contributed by atoms with Crippen molar-refractivity contribution in [1.82, 2.24) is 5.32 Å². The molecule has 108 valence electrons. The van der Waals surface area contributed by atoms with Gasteiger partial charge in [-0.25, -0.2) is 4.39 Å². The van der Waals surface area contributed by atoms with Crippen LogP contribution in [0.1, 0.15) is 24.5 Å². The van der Waals surface area contributed by atoms with Gasteiger partial charge in [-0.15, -0.1) is 0 Å². The maximum atomic E-state index is 12.9. The third-order valence-electron chi connectivity index (χ3n) is 2.82. The second-order valence-electron chi connectivity index (χ2n) is 4.24. The van der Waals surface area contributed by atoms with Gasteiger partial charge in [-0.3, -0.25) is 0 Å². The summed E-state index contributed by atoms with van der Waals surface area (Å²) in [7, 11) is 1.53. The number of nitrogens with one attached hydrogen (secondary N) is 1. The van der Waals surface area contributed by atoms with Gasteiger partial charge in [0.25, 0.3) is 0 Å². The first-order valence-electron chi connectivity index (χ1n) is 5.96. The minimum absolute atomic E-state index is 0.0248. The Labute approximate surface area is 109 Å². The molecule has 19 heavy (non-hydrogen) atoms. The SMILES string of the molecule is CCC(COC)NCc1ccc(F)cc1C(F)(F)F. The summed E-state index contributed by atoms with van der Waals surface area (Å²) in [6.45, 7) is 2.35. The lowest BCUT2D eigenvalue weighted by molar-refractivity contribution is -0.138. The summed E-state index contributed by atoms with van der Waals surface area (Å²) in [6.07, 6.45) is -3.82. The molecule has 0 saturated heterocycles. The van der Waals surface area contributed by atoms with Crippen molar-refractivity contribution in [3.05, 3.63) is 35.1 Å². The first kappa shape index (κ1) is 15.9. The molecule has 0 radical (unpaired) electrons. The zero-order chi connectivity index (χ0) is 14.5. The summed E-state index contributed by atoms with van der Waals surface area (Å²) in [6, 6.07) is 2.68. The molecule has 0 heterocycles. The van der Waals surface area contributed by atoms with E-state index in [1.807, 2.05) is 6.92 Å². The standard InChI is InChI=1S/C13H17F4NO/c1-3-11(8-19-2)18-7-9-4-5-10(14)6-12(9)13(15,16)17/h4-6,11,18H,3,7-8H2,1-2H3. The molecule has 0 spiro atoms. The maximum absolute atomic E-state index is 12.9. The Bertz CT molecular complexity index is 406. The molecule has 1 atom stereocenters. The van der Waals surface area contributed by atoms with E-state index in [0.29, 0.717) is 12.7 Å². The summed E-state index contributed by atoms with van der Waals surface area (Å²) < 4.78 is 56.2. The highest BCUT2D eigenvalue weighted by Crippen LogP contribution is 2.32. The topological polar surface area (TPSA) is 21.3 Å². The van der Waals surface area contributed by atoms with Crippen LogP contribution in [0.15, 0.2) is 18.2 Å². The van der Waals surface area contributed by atoms with Crippen molar-refractivity contribution < 1.29 is 22.3 Å². The molecule has 1 aromatic carbocycles. The quantitative estimate of drug-likeness (QED) is 0.806. The summed E-state index contributed by atoms with van der Waals surface area (Å²) in [5.74, 6) is -0.889. The molecule has 0 aliphatic carbocycles. The zero-order valence-corrected chi connectivity index (χ0v) is 10.9. The van der Waals surface area contributed by atoms with Gasteiger partial charge in [0.15, 0.2) is 0 Å². The van der Waals surface area contributed by atoms with Crippen LogP contribution in [-0.2, 0) is 17.5 Å². The Morgan fingerprint density at radius 3 is 2.53 bits per heavy atom. The molecule has 1 unspecified atom stereocenters. The van der Waals surface area contributed by atoms with Gasteiger partial charge in [-0.2, -0.15) is 13.2 Å². The van der Waals surface area contributed by atoms with Crippen LogP contribution in [0, 0.1) is 5.82 Å². The molecule has 0 aliphatic rings. The largest absolute Gasteiger partial charge is 0.416 e. The fourth-order valence-corrected chi connectivity index (χ4v) is 1.74. The van der Waals surface area contributed by atoms with E-state index in [9.17, 15) is 17.6 Å². The van der Waals surface area contributed by atoms with Gasteiger partial charge in [0, 0.05) is 19.7 Å². The molecular weight excluding hydrogens is 262 g/mol. The van der Waals surface area contributed by atoms with Crippen LogP contribution < -0.4 is 5.32 Å². The van der Waals surface area contributed by atoms with Crippen LogP contribution in [0.2, 0.25) is 0 Å². The van der Waals surface area contributed by atoms with Gasteiger partial charge in [0.2, 0.25) is 0 Å². The van der Waals surface area contributed by atoms with Crippen molar-refractivity contribution in [3.63, 3.8) is 0 Å². The van der Waals surface area contributed by atoms with Crippen molar-refractivity contribution in [2.24, 2.45) is 0 Å². The number of methoxy groups -OCH3 is 1. The van der Waals surface area contributed by atoms with E-state index in [2.05, 4.69) is 5.32 Å². The van der Waals surface area contributed by atoms with E-state index in [0.717, 1.165) is 18.6 Å². The van der Waals surface area contributed by atoms with E-state index >= 15 is 0 Å². The van der Waals surface area contributed by atoms with Gasteiger partial charge in [-0.1, -0.05) is 13.0 Å². The Balaban J connectivity index is 2.83. The van der Waals surface area contributed by atoms with E-state index in [1.54, 1.807) is 0 Å². The highest BCUT2D eigenvalue weighted by Gasteiger charge is 2.33. The third kappa shape index (κ3) is 4.80. The lowest BCUT2D eigenvalue weighted by Crippen LogP contribution is -2.32. The number of rotatable bonds is 6. The molecule has 0 amide bonds. The summed E-state index contributed by atoms with van der Waals surface area (Å²) in [5.41, 5.74) is -0.907. The second-order valence-corrected chi connectivity index (χ2v) is 4.24. The Morgan fingerprint density at radius 2 is 2.00 bits per heavy atom. The fourth-order valence-electron chi connectivity index (χ4n) is 1.74. The fraction of sp³-hybridized carbons (Fsp3) is 0.538. The lowest BCUT2D eigenvalue weighted by atomic mass is 10.1. The van der Waals surface area contributed by atoms with Crippen LogP contribution in [0.3, 0.4) is 0 Å². The van der Waals surface area contributed by atoms with Crippen LogP contribution in [-0.4, -0.2) is 19.8 Å². The van der Waals surface area contributed by atoms with Crippen molar-refractivity contribution >= 4 is 0 Å². The zero-order valence-electron chi connectivity index (χ0n) is 10.9. The van der Waals surface area contributed by atoms with Crippen molar-refractivity contribution in [2.75, 3.05) is 13.7 Å². The molecule has 6 heteroatoms. The number of alkyl halides is 3. The number of benzene rings is 1. The first-order chi connectivity index (χ1) is 8.88. The molecule has 0 saturated carbocycles. The van der Waals surface area contributed by atoms with Gasteiger partial charge < -0.3 is 10.1 Å². The highest BCUT2D eigenvalue weighted by molar-refractivity contribution is 5.30. The minimum atomic E-state index is -4.55. The van der Waals surface area contributed by atoms with E-state index in [-0.39, 0.29) is 18.2 Å². The van der Waals surface area contributed by atoms with Crippen LogP contribution in [0.25, 0.3) is 0 Å². The maximum Gasteiger partial charge on any atom is 0.416 e. The molecule has 1 N–H and O–H groups in total. The van der Waals surface area contributed by atoms with Gasteiger partial charge >= 0.3 is 6.18 Å². The molecule has 1 aromatic rings. The van der Waals surface area contributed by atoms with E-state index in [1.165, 1.54) is 7.11 Å². The lowest BCUT2D eigenvalue weighted by Gasteiger charge is -2.18. The Morgan fingerprint density at radius 1 is 1.32 bits per heavy atom. The monoisotopic (exact) mass is 279 g/mol. The van der Waals surface area contributed by atoms with Crippen molar-refractivity contribution in [1.29, 1.82) is 0 Å².